The van der Waals surface area contributed by atoms with E-state index in [0.717, 1.165) is 97.0 Å². The molecule has 0 saturated heterocycles. The van der Waals surface area contributed by atoms with E-state index in [-0.39, 0.29) is 25.4 Å². The fourth-order valence-electron chi connectivity index (χ4n) is 4.56. The minimum atomic E-state index is -4.26. The van der Waals surface area contributed by atoms with Gasteiger partial charge in [-0.3, -0.25) is 18.6 Å². The summed E-state index contributed by atoms with van der Waals surface area (Å²) in [7, 11) is -3.21. The van der Waals surface area contributed by atoms with Crippen LogP contribution in [-0.4, -0.2) is 43.3 Å². The van der Waals surface area contributed by atoms with Crippen molar-refractivity contribution in [2.45, 2.75) is 155 Å². The lowest BCUT2D eigenvalue weighted by Gasteiger charge is -2.19. The van der Waals surface area contributed by atoms with Gasteiger partial charge in [-0.1, -0.05) is 120 Å². The lowest BCUT2D eigenvalue weighted by atomic mass is 10.1. The molecule has 266 valence electrons. The van der Waals surface area contributed by atoms with Gasteiger partial charge in [-0.25, -0.2) is 4.57 Å². The fraction of sp³-hybridized carbons (Fsp3) is 0.730. The van der Waals surface area contributed by atoms with Gasteiger partial charge >= 0.3 is 19.8 Å². The number of hydrogen-bond acceptors (Lipinski definition) is 7. The Balaban J connectivity index is 4.10. The van der Waals surface area contributed by atoms with Gasteiger partial charge in [-0.05, 0) is 64.2 Å². The minimum Gasteiger partial charge on any atom is -0.462 e. The number of carbonyl (C=O) groups is 2. The van der Waals surface area contributed by atoms with E-state index >= 15 is 0 Å². The summed E-state index contributed by atoms with van der Waals surface area (Å²) >= 11 is 0. The Kier molecular flexibility index (Phi) is 31.5. The molecule has 0 fully saturated rings. The van der Waals surface area contributed by atoms with E-state index in [2.05, 4.69) is 67.0 Å². The first-order chi connectivity index (χ1) is 22.3. The predicted octanol–water partition coefficient (Wildman–Crippen LogP) is 10.7. The summed E-state index contributed by atoms with van der Waals surface area (Å²) in [6.45, 7) is 3.67. The second-order valence-electron chi connectivity index (χ2n) is 11.6. The predicted molar refractivity (Wildman–Crippen MR) is 188 cm³/mol. The van der Waals surface area contributed by atoms with Crippen LogP contribution in [0.15, 0.2) is 48.6 Å². The van der Waals surface area contributed by atoms with Crippen LogP contribution in [0.3, 0.4) is 0 Å². The Hall–Kier alpha value is -1.99. The molecule has 0 aliphatic heterocycles. The largest absolute Gasteiger partial charge is 0.472 e. The molecule has 0 heterocycles. The molecule has 0 amide bonds. The fourth-order valence-corrected chi connectivity index (χ4v) is 5.02. The highest BCUT2D eigenvalue weighted by atomic mass is 31.2. The van der Waals surface area contributed by atoms with Crippen LogP contribution in [-0.2, 0) is 32.7 Å². The van der Waals surface area contributed by atoms with Gasteiger partial charge in [-0.15, -0.1) is 0 Å². The summed E-state index contributed by atoms with van der Waals surface area (Å²) in [6.07, 6.45) is 37.4. The molecule has 0 radical (unpaired) electrons. The monoisotopic (exact) mass is 668 g/mol. The molecule has 0 saturated carbocycles. The first-order valence-electron chi connectivity index (χ1n) is 17.8. The molecule has 2 atom stereocenters. The van der Waals surface area contributed by atoms with Crippen LogP contribution in [0.4, 0.5) is 0 Å². The Morgan fingerprint density at radius 3 is 1.67 bits per heavy atom. The number of unbranched alkanes of at least 4 members (excludes halogenated alkanes) is 13. The molecule has 0 bridgehead atoms. The SMILES string of the molecule is CC/C=C\C/C=C\C/C=C\CCCCCCCCCC(=O)OC(COC(=O)CCCCCCC/C=C\CCC)COP(=O)(O)OC. The molecule has 46 heavy (non-hydrogen) atoms. The number of allylic oxidation sites excluding steroid dienone is 8. The number of hydrogen-bond donors (Lipinski definition) is 1. The van der Waals surface area contributed by atoms with Crippen molar-refractivity contribution in [3.8, 4) is 0 Å². The van der Waals surface area contributed by atoms with E-state index in [4.69, 9.17) is 14.0 Å². The third kappa shape index (κ3) is 32.0. The number of esters is 2. The van der Waals surface area contributed by atoms with Crippen LogP contribution in [0.5, 0.6) is 0 Å². The third-order valence-corrected chi connectivity index (χ3v) is 8.22. The van der Waals surface area contributed by atoms with E-state index < -0.39 is 26.5 Å². The van der Waals surface area contributed by atoms with Gasteiger partial charge in [0.05, 0.1) is 6.61 Å². The van der Waals surface area contributed by atoms with Crippen LogP contribution >= 0.6 is 7.82 Å². The van der Waals surface area contributed by atoms with Crippen LogP contribution in [0.2, 0.25) is 0 Å². The second-order valence-corrected chi connectivity index (χ2v) is 13.2. The van der Waals surface area contributed by atoms with Crippen LogP contribution in [0, 0.1) is 0 Å². The standard InChI is InChI=1S/C37H65O8P/c1-4-6-8-10-12-14-16-17-18-19-20-21-22-24-26-28-30-32-37(39)45-35(34-44-46(40,41)42-3)33-43-36(38)31-29-27-25-23-15-13-11-9-7-5-2/h6,8-9,11-12,14,17-18,35H,4-5,7,10,13,15-16,19-34H2,1-3H3,(H,40,41)/b8-6-,11-9-,14-12-,18-17-. The van der Waals surface area contributed by atoms with Crippen LogP contribution in [0.1, 0.15) is 149 Å². The molecule has 0 aliphatic rings. The van der Waals surface area contributed by atoms with E-state index in [0.29, 0.717) is 6.42 Å². The Morgan fingerprint density at radius 1 is 0.630 bits per heavy atom. The van der Waals surface area contributed by atoms with Crippen LogP contribution in [0.25, 0.3) is 0 Å². The summed E-state index contributed by atoms with van der Waals surface area (Å²) in [4.78, 5) is 34.2. The Bertz CT molecular complexity index is 896. The zero-order valence-electron chi connectivity index (χ0n) is 29.2. The first kappa shape index (κ1) is 44.0. The van der Waals surface area contributed by atoms with E-state index in [1.807, 2.05) is 0 Å². The van der Waals surface area contributed by atoms with Crippen molar-refractivity contribution in [1.82, 2.24) is 0 Å². The van der Waals surface area contributed by atoms with Gasteiger partial charge in [0.1, 0.15) is 6.61 Å². The minimum absolute atomic E-state index is 0.230. The van der Waals surface area contributed by atoms with Crippen molar-refractivity contribution in [2.24, 2.45) is 0 Å². The van der Waals surface area contributed by atoms with Gasteiger partial charge in [0.15, 0.2) is 6.10 Å². The average molecular weight is 669 g/mol. The third-order valence-electron chi connectivity index (χ3n) is 7.29. The summed E-state index contributed by atoms with van der Waals surface area (Å²) in [5, 5.41) is 0. The number of carbonyl (C=O) groups excluding carboxylic acids is 2. The quantitative estimate of drug-likeness (QED) is 0.0326. The molecule has 0 aliphatic carbocycles. The van der Waals surface area contributed by atoms with Crippen molar-refractivity contribution in [3.63, 3.8) is 0 Å². The summed E-state index contributed by atoms with van der Waals surface area (Å²) in [6, 6.07) is 0. The lowest BCUT2D eigenvalue weighted by molar-refractivity contribution is -0.161. The summed E-state index contributed by atoms with van der Waals surface area (Å²) < 4.78 is 31.8. The average Bonchev–Trinajstić information content (AvgIpc) is 3.04. The summed E-state index contributed by atoms with van der Waals surface area (Å²) in [5.74, 6) is -0.833. The lowest BCUT2D eigenvalue weighted by Crippen LogP contribution is -2.29. The Labute approximate surface area is 280 Å². The Morgan fingerprint density at radius 2 is 1.11 bits per heavy atom. The summed E-state index contributed by atoms with van der Waals surface area (Å²) in [5.41, 5.74) is 0. The van der Waals surface area contributed by atoms with Crippen molar-refractivity contribution in [2.75, 3.05) is 20.3 Å². The number of phosphoric acid groups is 1. The zero-order chi connectivity index (χ0) is 34.0. The maximum absolute atomic E-state index is 12.4. The number of ether oxygens (including phenoxy) is 2. The maximum atomic E-state index is 12.4. The van der Waals surface area contributed by atoms with Gasteiger partial charge in [0, 0.05) is 20.0 Å². The highest BCUT2D eigenvalue weighted by Gasteiger charge is 2.24. The molecular formula is C37H65O8P. The van der Waals surface area contributed by atoms with Gasteiger partial charge < -0.3 is 14.4 Å². The van der Waals surface area contributed by atoms with Gasteiger partial charge in [0.2, 0.25) is 0 Å². The van der Waals surface area contributed by atoms with Crippen molar-refractivity contribution in [1.29, 1.82) is 0 Å². The molecule has 0 aromatic heterocycles. The zero-order valence-corrected chi connectivity index (χ0v) is 30.1. The topological polar surface area (TPSA) is 108 Å². The van der Waals surface area contributed by atoms with E-state index in [1.165, 1.54) is 25.7 Å². The molecule has 0 aromatic carbocycles. The molecule has 0 rings (SSSR count). The van der Waals surface area contributed by atoms with Gasteiger partial charge in [-0.2, -0.15) is 0 Å². The molecule has 8 nitrogen and oxygen atoms in total. The maximum Gasteiger partial charge on any atom is 0.472 e. The van der Waals surface area contributed by atoms with Crippen molar-refractivity contribution in [3.05, 3.63) is 48.6 Å². The molecule has 0 aromatic rings. The van der Waals surface area contributed by atoms with Crippen molar-refractivity contribution < 1.29 is 37.6 Å². The number of rotatable bonds is 32. The molecule has 2 unspecified atom stereocenters. The van der Waals surface area contributed by atoms with E-state index in [1.54, 1.807) is 0 Å². The van der Waals surface area contributed by atoms with E-state index in [9.17, 15) is 19.0 Å². The smallest absolute Gasteiger partial charge is 0.462 e. The van der Waals surface area contributed by atoms with Crippen molar-refractivity contribution >= 4 is 19.8 Å². The molecule has 9 heteroatoms. The number of phosphoric ester groups is 1. The first-order valence-corrected chi connectivity index (χ1v) is 19.3. The molecule has 1 N–H and O–H groups in total. The second kappa shape index (κ2) is 32.9. The van der Waals surface area contributed by atoms with Crippen LogP contribution < -0.4 is 0 Å². The normalized spacial score (nSPS) is 14.1. The molecule has 0 spiro atoms. The molecular weight excluding hydrogens is 603 g/mol. The highest BCUT2D eigenvalue weighted by Crippen LogP contribution is 2.42. The highest BCUT2D eigenvalue weighted by molar-refractivity contribution is 7.47. The van der Waals surface area contributed by atoms with Gasteiger partial charge in [0.25, 0.3) is 0 Å².